The van der Waals surface area contributed by atoms with Gasteiger partial charge in [0, 0.05) is 11.8 Å². The van der Waals surface area contributed by atoms with Gasteiger partial charge in [0.15, 0.2) is 0 Å². The second-order valence-corrected chi connectivity index (χ2v) is 4.82. The Kier molecular flexibility index (Phi) is 2.82. The maximum absolute atomic E-state index is 11.9. The van der Waals surface area contributed by atoms with Gasteiger partial charge in [0.25, 0.3) is 5.91 Å². The molecule has 6 heteroatoms. The van der Waals surface area contributed by atoms with Crippen LogP contribution in [-0.4, -0.2) is 28.0 Å². The van der Waals surface area contributed by atoms with Crippen LogP contribution in [0.3, 0.4) is 0 Å². The molecule has 16 heavy (non-hydrogen) atoms. The van der Waals surface area contributed by atoms with Crippen LogP contribution in [0.2, 0.25) is 0 Å². The molecule has 1 fully saturated rings. The van der Waals surface area contributed by atoms with Crippen LogP contribution in [0.4, 0.5) is 0 Å². The van der Waals surface area contributed by atoms with Gasteiger partial charge >= 0.3 is 0 Å². The molecular formula is C10H16N3O3. The molecule has 1 rings (SSSR count). The van der Waals surface area contributed by atoms with E-state index in [1.807, 2.05) is 0 Å². The Bertz CT molecular complexity index is 372. The van der Waals surface area contributed by atoms with Gasteiger partial charge in [-0.3, -0.25) is 9.59 Å². The maximum Gasteiger partial charge on any atom is 0.289 e. The fourth-order valence-electron chi connectivity index (χ4n) is 1.76. The Morgan fingerprint density at radius 2 is 1.81 bits per heavy atom. The molecule has 1 saturated heterocycles. The van der Waals surface area contributed by atoms with Gasteiger partial charge in [-0.05, 0) is 27.7 Å². The summed E-state index contributed by atoms with van der Waals surface area (Å²) < 4.78 is 0. The topological polar surface area (TPSA) is 95.3 Å². The number of hydrogen-bond donors (Lipinski definition) is 2. The van der Waals surface area contributed by atoms with E-state index in [4.69, 9.17) is 5.73 Å². The van der Waals surface area contributed by atoms with E-state index >= 15 is 0 Å². The summed E-state index contributed by atoms with van der Waals surface area (Å²) >= 11 is 0. The van der Waals surface area contributed by atoms with Crippen LogP contribution in [0.5, 0.6) is 0 Å². The molecule has 1 aliphatic rings. The Balaban J connectivity index is 3.09. The molecule has 89 valence electrons. The second kappa shape index (κ2) is 3.57. The van der Waals surface area contributed by atoms with Crippen molar-refractivity contribution in [2.45, 2.75) is 38.9 Å². The number of primary amides is 1. The van der Waals surface area contributed by atoms with E-state index in [-0.39, 0.29) is 0 Å². The third-order valence-electron chi connectivity index (χ3n) is 2.63. The molecule has 0 saturated carbocycles. The normalized spacial score (nSPS) is 25.4. The van der Waals surface area contributed by atoms with Gasteiger partial charge in [-0.1, -0.05) is 0 Å². The number of rotatable bonds is 2. The average molecular weight is 226 g/mol. The summed E-state index contributed by atoms with van der Waals surface area (Å²) in [7, 11) is 0. The first-order chi connectivity index (χ1) is 7.09. The van der Waals surface area contributed by atoms with Gasteiger partial charge in [-0.2, -0.15) is 0 Å². The average Bonchev–Trinajstić information content (AvgIpc) is 2.27. The highest BCUT2D eigenvalue weighted by molar-refractivity contribution is 6.40. The molecular weight excluding hydrogens is 210 g/mol. The van der Waals surface area contributed by atoms with Crippen molar-refractivity contribution in [3.8, 4) is 0 Å². The lowest BCUT2D eigenvalue weighted by Gasteiger charge is -2.29. The van der Waals surface area contributed by atoms with Crippen LogP contribution < -0.4 is 11.1 Å². The van der Waals surface area contributed by atoms with Crippen LogP contribution in [0, 0.1) is 0 Å². The fraction of sp³-hybridized carbons (Fsp3) is 0.600. The van der Waals surface area contributed by atoms with E-state index < -0.39 is 22.9 Å². The van der Waals surface area contributed by atoms with Gasteiger partial charge in [-0.15, -0.1) is 10.3 Å². The minimum atomic E-state index is -1.03. The van der Waals surface area contributed by atoms with Crippen molar-refractivity contribution in [3.05, 3.63) is 11.8 Å². The Hall–Kier alpha value is -1.40. The molecule has 0 atom stereocenters. The molecule has 1 heterocycles. The molecule has 1 amide bonds. The van der Waals surface area contributed by atoms with Crippen LogP contribution >= 0.6 is 0 Å². The number of carbonyl (C=O) groups is 2. The molecule has 0 spiro atoms. The number of amides is 1. The first kappa shape index (κ1) is 12.7. The first-order valence-electron chi connectivity index (χ1n) is 4.90. The first-order valence-corrected chi connectivity index (χ1v) is 4.90. The number of hydrogen-bond acceptors (Lipinski definition) is 4. The zero-order valence-electron chi connectivity index (χ0n) is 9.83. The standard InChI is InChI=1S/C10H16N3O3/c1-9(2)7(5-6(14)8(11)15)12-10(3,4)13(9)16/h5,12H,1-4H3,(H2,11,15)/b7-5-. The van der Waals surface area contributed by atoms with Crippen molar-refractivity contribution in [2.24, 2.45) is 5.73 Å². The summed E-state index contributed by atoms with van der Waals surface area (Å²) in [6.07, 6.45) is 1.09. The number of hydroxylamine groups is 2. The van der Waals surface area contributed by atoms with Gasteiger partial charge in [0.2, 0.25) is 5.78 Å². The van der Waals surface area contributed by atoms with E-state index in [0.29, 0.717) is 5.70 Å². The quantitative estimate of drug-likeness (QED) is 0.498. The summed E-state index contributed by atoms with van der Waals surface area (Å²) in [5, 5.41) is 15.6. The number of nitrogens with one attached hydrogen (secondary N) is 1. The van der Waals surface area contributed by atoms with Crippen LogP contribution in [-0.2, 0) is 14.8 Å². The van der Waals surface area contributed by atoms with Crippen LogP contribution in [0.15, 0.2) is 11.8 Å². The molecule has 1 aliphatic heterocycles. The molecule has 6 nitrogen and oxygen atoms in total. The number of carbonyl (C=O) groups excluding carboxylic acids is 2. The SMILES string of the molecule is CC1(C)N/C(=C\C(=O)C(N)=O)C(C)(C)N1[O]. The van der Waals surface area contributed by atoms with Crippen LogP contribution in [0.1, 0.15) is 27.7 Å². The zero-order valence-corrected chi connectivity index (χ0v) is 9.83. The van der Waals surface area contributed by atoms with Crippen LogP contribution in [0.25, 0.3) is 0 Å². The van der Waals surface area contributed by atoms with Crippen molar-refractivity contribution >= 4 is 11.7 Å². The summed E-state index contributed by atoms with van der Waals surface area (Å²) in [5.41, 5.74) is 3.56. The fourth-order valence-corrected chi connectivity index (χ4v) is 1.76. The molecule has 0 aromatic heterocycles. The van der Waals surface area contributed by atoms with Gasteiger partial charge < -0.3 is 11.1 Å². The highest BCUT2D eigenvalue weighted by Crippen LogP contribution is 2.35. The molecule has 0 aromatic carbocycles. The monoisotopic (exact) mass is 226 g/mol. The molecule has 1 radical (unpaired) electrons. The van der Waals surface area contributed by atoms with Crippen molar-refractivity contribution in [3.63, 3.8) is 0 Å². The zero-order chi connectivity index (χ0) is 12.7. The summed E-state index contributed by atoms with van der Waals surface area (Å²) in [4.78, 5) is 21.8. The maximum atomic E-state index is 11.9. The molecule has 0 bridgehead atoms. The predicted molar refractivity (Wildman–Crippen MR) is 56.1 cm³/mol. The highest BCUT2D eigenvalue weighted by atomic mass is 16.5. The van der Waals surface area contributed by atoms with Gasteiger partial charge in [0.1, 0.15) is 5.66 Å². The molecule has 0 aromatic rings. The largest absolute Gasteiger partial charge is 0.367 e. The third kappa shape index (κ3) is 1.94. The smallest absolute Gasteiger partial charge is 0.289 e. The lowest BCUT2D eigenvalue weighted by atomic mass is 10.0. The van der Waals surface area contributed by atoms with E-state index in [0.717, 1.165) is 11.1 Å². The van der Waals surface area contributed by atoms with E-state index in [1.165, 1.54) is 0 Å². The summed E-state index contributed by atoms with van der Waals surface area (Å²) in [6, 6.07) is 0. The molecule has 0 unspecified atom stereocenters. The number of nitrogens with zero attached hydrogens (tertiary/aromatic N) is 1. The minimum Gasteiger partial charge on any atom is -0.367 e. The van der Waals surface area contributed by atoms with E-state index in [2.05, 4.69) is 5.32 Å². The van der Waals surface area contributed by atoms with Crippen molar-refractivity contribution in [2.75, 3.05) is 0 Å². The minimum absolute atomic E-state index is 0.399. The predicted octanol–water partition coefficient (Wildman–Crippen LogP) is -0.310. The Labute approximate surface area is 94.0 Å². The Morgan fingerprint density at radius 1 is 1.31 bits per heavy atom. The molecule has 3 N–H and O–H groups in total. The van der Waals surface area contributed by atoms with Crippen molar-refractivity contribution in [1.82, 2.24) is 10.4 Å². The van der Waals surface area contributed by atoms with E-state index in [1.54, 1.807) is 27.7 Å². The van der Waals surface area contributed by atoms with Gasteiger partial charge in [-0.25, -0.2) is 0 Å². The second-order valence-electron chi connectivity index (χ2n) is 4.82. The number of ketones is 1. The highest BCUT2D eigenvalue weighted by Gasteiger charge is 2.49. The van der Waals surface area contributed by atoms with E-state index in [9.17, 15) is 14.8 Å². The van der Waals surface area contributed by atoms with Crippen molar-refractivity contribution < 1.29 is 14.8 Å². The van der Waals surface area contributed by atoms with Gasteiger partial charge in [0.05, 0.1) is 5.54 Å². The summed E-state index contributed by atoms with van der Waals surface area (Å²) in [6.45, 7) is 6.72. The third-order valence-corrected chi connectivity index (χ3v) is 2.63. The lowest BCUT2D eigenvalue weighted by molar-refractivity contribution is -0.243. The molecule has 0 aliphatic carbocycles. The Morgan fingerprint density at radius 3 is 2.12 bits per heavy atom. The van der Waals surface area contributed by atoms with Crippen molar-refractivity contribution in [1.29, 1.82) is 0 Å². The summed E-state index contributed by atoms with van der Waals surface area (Å²) in [5.74, 6) is -1.85. The lowest BCUT2D eigenvalue weighted by Crippen LogP contribution is -2.47. The number of nitrogens with two attached hydrogens (primary N) is 1.